The van der Waals surface area contributed by atoms with Crippen LogP contribution in [0.2, 0.25) is 0 Å². The summed E-state index contributed by atoms with van der Waals surface area (Å²) in [7, 11) is 0. The largest absolute Gasteiger partial charge is 0.481 e. The Morgan fingerprint density at radius 2 is 2.00 bits per heavy atom. The van der Waals surface area contributed by atoms with Crippen LogP contribution in [0.25, 0.3) is 0 Å². The third-order valence-electron chi connectivity index (χ3n) is 6.47. The number of likely N-dealkylation sites (tertiary alicyclic amines) is 2. The average molecular weight is 386 g/mol. The average Bonchev–Trinajstić information content (AvgIpc) is 3.12. The molecule has 2 amide bonds. The molecule has 3 heterocycles. The van der Waals surface area contributed by atoms with Crippen molar-refractivity contribution in [2.45, 2.75) is 31.7 Å². The van der Waals surface area contributed by atoms with Gasteiger partial charge in [0, 0.05) is 38.6 Å². The van der Waals surface area contributed by atoms with Gasteiger partial charge in [0.2, 0.25) is 11.8 Å². The number of benzene rings is 1. The maximum Gasteiger partial charge on any atom is 0.311 e. The molecule has 7 nitrogen and oxygen atoms in total. The van der Waals surface area contributed by atoms with Crippen molar-refractivity contribution in [2.24, 2.45) is 11.3 Å². The molecule has 3 atom stereocenters. The monoisotopic (exact) mass is 386 g/mol. The molecule has 1 aromatic rings. The second-order valence-electron chi connectivity index (χ2n) is 8.06. The summed E-state index contributed by atoms with van der Waals surface area (Å²) in [4.78, 5) is 41.6. The molecule has 28 heavy (non-hydrogen) atoms. The van der Waals surface area contributed by atoms with Crippen LogP contribution in [0.3, 0.4) is 0 Å². The molecule has 0 aliphatic carbocycles. The van der Waals surface area contributed by atoms with Gasteiger partial charge in [-0.3, -0.25) is 14.4 Å². The molecule has 3 fully saturated rings. The van der Waals surface area contributed by atoms with Gasteiger partial charge in [-0.1, -0.05) is 30.3 Å². The van der Waals surface area contributed by atoms with E-state index in [4.69, 9.17) is 4.74 Å². The second kappa shape index (κ2) is 7.54. The minimum Gasteiger partial charge on any atom is -0.481 e. The van der Waals surface area contributed by atoms with Crippen molar-refractivity contribution < 1.29 is 24.2 Å². The van der Waals surface area contributed by atoms with Crippen LogP contribution in [0.15, 0.2) is 30.3 Å². The number of aliphatic carboxylic acids is 1. The highest BCUT2D eigenvalue weighted by molar-refractivity contribution is 5.90. The van der Waals surface area contributed by atoms with Crippen molar-refractivity contribution in [2.75, 3.05) is 32.8 Å². The first kappa shape index (κ1) is 18.9. The number of rotatable bonds is 4. The predicted molar refractivity (Wildman–Crippen MR) is 100 cm³/mol. The fourth-order valence-electron chi connectivity index (χ4n) is 4.83. The number of carbonyl (C=O) groups excluding carboxylic acids is 2. The number of fused-ring (bicyclic) bond motifs is 1. The lowest BCUT2D eigenvalue weighted by Crippen LogP contribution is -2.48. The molecular formula is C21H26N2O5. The van der Waals surface area contributed by atoms with Crippen LogP contribution in [0.1, 0.15) is 37.3 Å². The zero-order valence-corrected chi connectivity index (χ0v) is 15.9. The number of hydrogen-bond acceptors (Lipinski definition) is 4. The maximum absolute atomic E-state index is 13.6. The van der Waals surface area contributed by atoms with E-state index in [1.165, 1.54) is 0 Å². The number of hydrogen-bond donors (Lipinski definition) is 1. The maximum atomic E-state index is 13.6. The number of ether oxygens (including phenoxy) is 1. The summed E-state index contributed by atoms with van der Waals surface area (Å²) in [5.74, 6) is -1.27. The van der Waals surface area contributed by atoms with Crippen LogP contribution in [0.4, 0.5) is 0 Å². The smallest absolute Gasteiger partial charge is 0.311 e. The summed E-state index contributed by atoms with van der Waals surface area (Å²) in [6, 6.07) is 8.64. The predicted octanol–water partition coefficient (Wildman–Crippen LogP) is 1.69. The molecule has 0 bridgehead atoms. The van der Waals surface area contributed by atoms with E-state index in [-0.39, 0.29) is 24.3 Å². The van der Waals surface area contributed by atoms with E-state index in [0.29, 0.717) is 39.1 Å². The van der Waals surface area contributed by atoms with Crippen LogP contribution < -0.4 is 0 Å². The lowest BCUT2D eigenvalue weighted by Gasteiger charge is -2.36. The van der Waals surface area contributed by atoms with Crippen LogP contribution in [0, 0.1) is 11.3 Å². The third kappa shape index (κ3) is 3.17. The fraction of sp³-hybridized carbons (Fsp3) is 0.571. The summed E-state index contributed by atoms with van der Waals surface area (Å²) in [5, 5.41) is 9.89. The topological polar surface area (TPSA) is 87.2 Å². The normalized spacial score (nSPS) is 28.7. The van der Waals surface area contributed by atoms with Gasteiger partial charge < -0.3 is 19.6 Å². The summed E-state index contributed by atoms with van der Waals surface area (Å²) < 4.78 is 5.50. The van der Waals surface area contributed by atoms with E-state index in [9.17, 15) is 19.5 Å². The highest BCUT2D eigenvalue weighted by atomic mass is 16.5. The minimum absolute atomic E-state index is 0.0126. The van der Waals surface area contributed by atoms with Crippen LogP contribution in [-0.4, -0.2) is 65.5 Å². The number of amides is 2. The quantitative estimate of drug-likeness (QED) is 0.851. The number of carbonyl (C=O) groups is 3. The van der Waals surface area contributed by atoms with Gasteiger partial charge >= 0.3 is 5.97 Å². The van der Waals surface area contributed by atoms with E-state index in [1.54, 1.807) is 9.80 Å². The summed E-state index contributed by atoms with van der Waals surface area (Å²) in [6.07, 6.45) is 2.58. The Morgan fingerprint density at radius 3 is 2.68 bits per heavy atom. The molecule has 4 rings (SSSR count). The van der Waals surface area contributed by atoms with Crippen molar-refractivity contribution >= 4 is 17.8 Å². The number of nitrogens with zero attached hydrogens (tertiary/aromatic N) is 2. The molecule has 0 spiro atoms. The molecular weight excluding hydrogens is 360 g/mol. The summed E-state index contributed by atoms with van der Waals surface area (Å²) in [6.45, 7) is 1.85. The van der Waals surface area contributed by atoms with E-state index in [0.717, 1.165) is 18.4 Å². The molecule has 3 aliphatic rings. The van der Waals surface area contributed by atoms with E-state index in [1.807, 2.05) is 30.3 Å². The van der Waals surface area contributed by atoms with Gasteiger partial charge in [0.05, 0.1) is 12.0 Å². The van der Waals surface area contributed by atoms with Crippen molar-refractivity contribution in [3.63, 3.8) is 0 Å². The van der Waals surface area contributed by atoms with Crippen molar-refractivity contribution in [1.29, 1.82) is 0 Å². The highest BCUT2D eigenvalue weighted by Gasteiger charge is 2.55. The van der Waals surface area contributed by atoms with Crippen molar-refractivity contribution in [1.82, 2.24) is 9.80 Å². The zero-order chi connectivity index (χ0) is 19.7. The van der Waals surface area contributed by atoms with Crippen molar-refractivity contribution in [3.8, 4) is 0 Å². The Bertz CT molecular complexity index is 767. The highest BCUT2D eigenvalue weighted by Crippen LogP contribution is 2.43. The summed E-state index contributed by atoms with van der Waals surface area (Å²) in [5.41, 5.74) is -0.167. The first-order valence-electron chi connectivity index (χ1n) is 9.97. The van der Waals surface area contributed by atoms with E-state index >= 15 is 0 Å². The van der Waals surface area contributed by atoms with Gasteiger partial charge in [0.25, 0.3) is 0 Å². The molecule has 0 saturated carbocycles. The Hall–Kier alpha value is -2.41. The van der Waals surface area contributed by atoms with Gasteiger partial charge in [-0.25, -0.2) is 0 Å². The van der Waals surface area contributed by atoms with Gasteiger partial charge in [-0.15, -0.1) is 0 Å². The zero-order valence-electron chi connectivity index (χ0n) is 15.9. The summed E-state index contributed by atoms with van der Waals surface area (Å²) >= 11 is 0. The molecule has 7 heteroatoms. The second-order valence-corrected chi connectivity index (χ2v) is 8.06. The first-order chi connectivity index (χ1) is 13.5. The fourth-order valence-corrected chi connectivity index (χ4v) is 4.83. The number of carboxylic acids is 1. The number of carboxylic acid groups (broad SMARTS) is 1. The Labute approximate surface area is 164 Å². The van der Waals surface area contributed by atoms with Gasteiger partial charge in [0.1, 0.15) is 6.04 Å². The third-order valence-corrected chi connectivity index (χ3v) is 6.47. The molecule has 3 saturated heterocycles. The molecule has 150 valence electrons. The van der Waals surface area contributed by atoms with E-state index < -0.39 is 17.4 Å². The van der Waals surface area contributed by atoms with E-state index in [2.05, 4.69) is 0 Å². The molecule has 3 aliphatic heterocycles. The molecule has 1 N–H and O–H groups in total. The lowest BCUT2D eigenvalue weighted by atomic mass is 9.74. The Morgan fingerprint density at radius 1 is 1.21 bits per heavy atom. The first-order valence-corrected chi connectivity index (χ1v) is 9.97. The molecule has 0 aromatic heterocycles. The van der Waals surface area contributed by atoms with Crippen LogP contribution >= 0.6 is 0 Å². The SMILES string of the molecule is O=C(C(c1ccccc1)N1CCCCC1=O)N1C[C@H]2COCC[C@@]2(C(=O)O)C1. The van der Waals surface area contributed by atoms with Crippen LogP contribution in [-0.2, 0) is 19.1 Å². The minimum atomic E-state index is -0.943. The molecule has 1 unspecified atom stereocenters. The van der Waals surface area contributed by atoms with Crippen molar-refractivity contribution in [3.05, 3.63) is 35.9 Å². The molecule has 1 aromatic carbocycles. The number of piperidine rings is 1. The van der Waals surface area contributed by atoms with Crippen LogP contribution in [0.5, 0.6) is 0 Å². The van der Waals surface area contributed by atoms with Gasteiger partial charge in [-0.2, -0.15) is 0 Å². The van der Waals surface area contributed by atoms with Gasteiger partial charge in [0.15, 0.2) is 0 Å². The Balaban J connectivity index is 1.64. The Kier molecular flexibility index (Phi) is 5.10. The molecule has 0 radical (unpaired) electrons. The standard InChI is InChI=1S/C21H26N2O5/c24-17-8-4-5-10-23(17)18(15-6-2-1-3-7-15)19(25)22-12-16-13-28-11-9-21(16,14-22)20(26)27/h1-3,6-7,16,18H,4-5,8-14H2,(H,26,27)/t16-,18?,21+/m0/s1. The van der Waals surface area contributed by atoms with Gasteiger partial charge in [-0.05, 0) is 24.8 Å². The lowest BCUT2D eigenvalue weighted by molar-refractivity contribution is -0.158.